The third-order valence-corrected chi connectivity index (χ3v) is 3.50. The lowest BCUT2D eigenvalue weighted by Crippen LogP contribution is -2.38. The number of hydrogen-bond donors (Lipinski definition) is 1. The standard InChI is InChI=1S/C10H18N4S/c1-7-3-8(2)5-14(4-7)6-9-10(11)15-13-12-9/h7-8H,3-6,11H2,1-2H3. The van der Waals surface area contributed by atoms with E-state index in [4.69, 9.17) is 5.73 Å². The number of nitrogens with two attached hydrogens (primary N) is 1. The number of rotatable bonds is 2. The molecule has 2 heterocycles. The molecule has 0 bridgehead atoms. The topological polar surface area (TPSA) is 55.0 Å². The van der Waals surface area contributed by atoms with E-state index < -0.39 is 0 Å². The van der Waals surface area contributed by atoms with Gasteiger partial charge in [-0.05, 0) is 18.3 Å². The minimum absolute atomic E-state index is 0.765. The molecule has 1 aromatic heterocycles. The van der Waals surface area contributed by atoms with Crippen molar-refractivity contribution in [2.75, 3.05) is 18.8 Å². The molecule has 5 heteroatoms. The highest BCUT2D eigenvalue weighted by molar-refractivity contribution is 7.09. The van der Waals surface area contributed by atoms with Crippen molar-refractivity contribution in [1.29, 1.82) is 0 Å². The molecule has 1 saturated heterocycles. The van der Waals surface area contributed by atoms with E-state index in [1.54, 1.807) is 0 Å². The van der Waals surface area contributed by atoms with Crippen LogP contribution >= 0.6 is 11.5 Å². The zero-order chi connectivity index (χ0) is 10.8. The Morgan fingerprint density at radius 1 is 1.40 bits per heavy atom. The molecule has 2 atom stereocenters. The Bertz CT molecular complexity index is 315. The van der Waals surface area contributed by atoms with Crippen LogP contribution in [0.5, 0.6) is 0 Å². The smallest absolute Gasteiger partial charge is 0.132 e. The third kappa shape index (κ3) is 2.66. The quantitative estimate of drug-likeness (QED) is 0.832. The average Bonchev–Trinajstić information content (AvgIpc) is 2.50. The molecule has 84 valence electrons. The Morgan fingerprint density at radius 2 is 2.07 bits per heavy atom. The molecule has 0 aliphatic carbocycles. The first-order chi connectivity index (χ1) is 7.15. The number of nitrogens with zero attached hydrogens (tertiary/aromatic N) is 3. The summed E-state index contributed by atoms with van der Waals surface area (Å²) in [7, 11) is 0. The van der Waals surface area contributed by atoms with Crippen LogP contribution in [0.1, 0.15) is 26.0 Å². The molecule has 1 aliphatic heterocycles. The zero-order valence-corrected chi connectivity index (χ0v) is 10.1. The van der Waals surface area contributed by atoms with Crippen LogP contribution in [0.2, 0.25) is 0 Å². The fraction of sp³-hybridized carbons (Fsp3) is 0.800. The van der Waals surface area contributed by atoms with E-state index in [0.29, 0.717) is 0 Å². The maximum absolute atomic E-state index is 5.79. The van der Waals surface area contributed by atoms with Gasteiger partial charge in [-0.25, -0.2) is 0 Å². The van der Waals surface area contributed by atoms with Gasteiger partial charge in [-0.1, -0.05) is 18.3 Å². The lowest BCUT2D eigenvalue weighted by Gasteiger charge is -2.34. The zero-order valence-electron chi connectivity index (χ0n) is 9.31. The molecule has 1 fully saturated rings. The Kier molecular flexibility index (Phi) is 3.21. The van der Waals surface area contributed by atoms with Gasteiger partial charge in [0, 0.05) is 31.2 Å². The number of nitrogen functional groups attached to an aromatic ring is 1. The normalized spacial score (nSPS) is 28.1. The number of likely N-dealkylation sites (tertiary alicyclic amines) is 1. The van der Waals surface area contributed by atoms with Crippen LogP contribution in [0, 0.1) is 11.8 Å². The molecule has 0 aromatic carbocycles. The van der Waals surface area contributed by atoms with Gasteiger partial charge < -0.3 is 5.73 Å². The van der Waals surface area contributed by atoms with E-state index in [1.165, 1.54) is 18.0 Å². The second-order valence-corrected chi connectivity index (χ2v) is 5.51. The summed E-state index contributed by atoms with van der Waals surface area (Å²) in [6.45, 7) is 7.79. The first-order valence-corrected chi connectivity index (χ1v) is 6.21. The van der Waals surface area contributed by atoms with Crippen LogP contribution in [0.15, 0.2) is 0 Å². The molecule has 15 heavy (non-hydrogen) atoms. The van der Waals surface area contributed by atoms with Crippen molar-refractivity contribution in [2.45, 2.75) is 26.8 Å². The highest BCUT2D eigenvalue weighted by atomic mass is 32.1. The third-order valence-electron chi connectivity index (χ3n) is 2.90. The van der Waals surface area contributed by atoms with Crippen LogP contribution in [-0.2, 0) is 6.54 Å². The van der Waals surface area contributed by atoms with Gasteiger partial charge >= 0.3 is 0 Å². The van der Waals surface area contributed by atoms with Gasteiger partial charge in [-0.3, -0.25) is 4.90 Å². The lowest BCUT2D eigenvalue weighted by molar-refractivity contribution is 0.133. The molecule has 0 radical (unpaired) electrons. The summed E-state index contributed by atoms with van der Waals surface area (Å²) < 4.78 is 3.87. The molecule has 2 N–H and O–H groups in total. The first kappa shape index (κ1) is 10.8. The molecule has 0 spiro atoms. The highest BCUT2D eigenvalue weighted by Gasteiger charge is 2.22. The molecule has 0 amide bonds. The predicted molar refractivity (Wildman–Crippen MR) is 62.5 cm³/mol. The van der Waals surface area contributed by atoms with Gasteiger partial charge in [0.15, 0.2) is 0 Å². The lowest BCUT2D eigenvalue weighted by atomic mass is 9.92. The fourth-order valence-corrected chi connectivity index (χ4v) is 2.90. The number of aromatic nitrogens is 2. The number of piperidine rings is 1. The van der Waals surface area contributed by atoms with Crippen LogP contribution < -0.4 is 5.73 Å². The van der Waals surface area contributed by atoms with Gasteiger partial charge in [-0.2, -0.15) is 0 Å². The maximum atomic E-state index is 5.79. The Balaban J connectivity index is 1.97. The SMILES string of the molecule is CC1CC(C)CN(Cc2nnsc2N)C1. The second kappa shape index (κ2) is 4.45. The number of hydrogen-bond acceptors (Lipinski definition) is 5. The van der Waals surface area contributed by atoms with E-state index >= 15 is 0 Å². The van der Waals surface area contributed by atoms with Gasteiger partial charge in [0.1, 0.15) is 10.7 Å². The molecule has 2 unspecified atom stereocenters. The summed E-state index contributed by atoms with van der Waals surface area (Å²) >= 11 is 1.28. The number of anilines is 1. The maximum Gasteiger partial charge on any atom is 0.132 e. The highest BCUT2D eigenvalue weighted by Crippen LogP contribution is 2.23. The van der Waals surface area contributed by atoms with Gasteiger partial charge in [0.05, 0.1) is 0 Å². The van der Waals surface area contributed by atoms with E-state index in [1.807, 2.05) is 0 Å². The van der Waals surface area contributed by atoms with E-state index in [2.05, 4.69) is 28.3 Å². The summed E-state index contributed by atoms with van der Waals surface area (Å²) in [5.41, 5.74) is 6.74. The van der Waals surface area contributed by atoms with Crippen molar-refractivity contribution in [3.63, 3.8) is 0 Å². The summed E-state index contributed by atoms with van der Waals surface area (Å²) in [4.78, 5) is 2.44. The summed E-state index contributed by atoms with van der Waals surface area (Å²) in [6.07, 6.45) is 1.33. The molecule has 4 nitrogen and oxygen atoms in total. The largest absolute Gasteiger partial charge is 0.388 e. The van der Waals surface area contributed by atoms with E-state index in [-0.39, 0.29) is 0 Å². The van der Waals surface area contributed by atoms with E-state index in [0.717, 1.165) is 42.2 Å². The molecule has 1 aromatic rings. The average molecular weight is 226 g/mol. The predicted octanol–water partition coefficient (Wildman–Crippen LogP) is 1.60. The van der Waals surface area contributed by atoms with Gasteiger partial charge in [0.25, 0.3) is 0 Å². The molecular formula is C10H18N4S. The van der Waals surface area contributed by atoms with Crippen molar-refractivity contribution in [2.24, 2.45) is 11.8 Å². The van der Waals surface area contributed by atoms with Crippen molar-refractivity contribution >= 4 is 16.5 Å². The van der Waals surface area contributed by atoms with Crippen LogP contribution in [0.4, 0.5) is 5.00 Å². The van der Waals surface area contributed by atoms with E-state index in [9.17, 15) is 0 Å². The first-order valence-electron chi connectivity index (χ1n) is 5.44. The summed E-state index contributed by atoms with van der Waals surface area (Å²) in [5, 5.41) is 4.83. The van der Waals surface area contributed by atoms with Crippen molar-refractivity contribution in [3.8, 4) is 0 Å². The summed E-state index contributed by atoms with van der Waals surface area (Å²) in [6, 6.07) is 0. The molecule has 0 saturated carbocycles. The van der Waals surface area contributed by atoms with Crippen molar-refractivity contribution in [3.05, 3.63) is 5.69 Å². The Morgan fingerprint density at radius 3 is 2.60 bits per heavy atom. The molecule has 1 aliphatic rings. The summed E-state index contributed by atoms with van der Waals surface area (Å²) in [5.74, 6) is 1.56. The minimum Gasteiger partial charge on any atom is -0.388 e. The van der Waals surface area contributed by atoms with Crippen molar-refractivity contribution in [1.82, 2.24) is 14.5 Å². The molecular weight excluding hydrogens is 208 g/mol. The monoisotopic (exact) mass is 226 g/mol. The fourth-order valence-electron chi connectivity index (χ4n) is 2.46. The van der Waals surface area contributed by atoms with Crippen LogP contribution in [0.3, 0.4) is 0 Å². The Labute approximate surface area is 94.6 Å². The van der Waals surface area contributed by atoms with Gasteiger partial charge in [0.2, 0.25) is 0 Å². The van der Waals surface area contributed by atoms with Gasteiger partial charge in [-0.15, -0.1) is 5.10 Å². The van der Waals surface area contributed by atoms with Crippen LogP contribution in [0.25, 0.3) is 0 Å². The Hall–Kier alpha value is -0.680. The van der Waals surface area contributed by atoms with Crippen molar-refractivity contribution < 1.29 is 0 Å². The van der Waals surface area contributed by atoms with Crippen LogP contribution in [-0.4, -0.2) is 27.6 Å². The second-order valence-electron chi connectivity index (χ2n) is 4.72. The molecule has 2 rings (SSSR count). The minimum atomic E-state index is 0.765.